The van der Waals surface area contributed by atoms with Crippen molar-refractivity contribution in [3.63, 3.8) is 0 Å². The Labute approximate surface area is 68.7 Å². The molecule has 0 saturated carbocycles. The van der Waals surface area contributed by atoms with E-state index in [1.54, 1.807) is 0 Å². The van der Waals surface area contributed by atoms with Gasteiger partial charge >= 0.3 is 0 Å². The average molecular weight is 154 g/mol. The Morgan fingerprint density at radius 2 is 1.91 bits per heavy atom. The van der Waals surface area contributed by atoms with Crippen molar-refractivity contribution < 1.29 is 0 Å². The van der Waals surface area contributed by atoms with E-state index in [1.807, 2.05) is 0 Å². The van der Waals surface area contributed by atoms with E-state index in [1.165, 1.54) is 45.3 Å². The summed E-state index contributed by atoms with van der Waals surface area (Å²) in [5.41, 5.74) is 0. The third-order valence-corrected chi connectivity index (χ3v) is 3.00. The molecule has 0 radical (unpaired) electrons. The van der Waals surface area contributed by atoms with Crippen LogP contribution < -0.4 is 10.6 Å². The summed E-state index contributed by atoms with van der Waals surface area (Å²) in [5, 5.41) is 7.06. The van der Waals surface area contributed by atoms with E-state index in [0.717, 1.165) is 12.0 Å². The van der Waals surface area contributed by atoms with Gasteiger partial charge in [-0.05, 0) is 51.2 Å². The normalized spacial score (nSPS) is 39.3. The van der Waals surface area contributed by atoms with Crippen LogP contribution in [0.4, 0.5) is 0 Å². The lowest BCUT2D eigenvalue weighted by atomic mass is 9.91. The van der Waals surface area contributed by atoms with E-state index in [2.05, 4.69) is 10.6 Å². The summed E-state index contributed by atoms with van der Waals surface area (Å²) < 4.78 is 0. The fourth-order valence-electron chi connectivity index (χ4n) is 2.34. The van der Waals surface area contributed by atoms with E-state index in [0.29, 0.717) is 0 Å². The first-order valence-electron chi connectivity index (χ1n) is 4.91. The highest BCUT2D eigenvalue weighted by Gasteiger charge is 2.25. The average Bonchev–Trinajstić information content (AvgIpc) is 2.58. The summed E-state index contributed by atoms with van der Waals surface area (Å²) in [6.07, 6.45) is 5.61. The highest BCUT2D eigenvalue weighted by Crippen LogP contribution is 2.20. The first-order chi connectivity index (χ1) is 5.47. The van der Waals surface area contributed by atoms with Gasteiger partial charge in [0.05, 0.1) is 0 Å². The summed E-state index contributed by atoms with van der Waals surface area (Å²) in [7, 11) is 0. The molecule has 2 heteroatoms. The van der Waals surface area contributed by atoms with E-state index in [4.69, 9.17) is 0 Å². The second kappa shape index (κ2) is 3.55. The van der Waals surface area contributed by atoms with Gasteiger partial charge in [-0.15, -0.1) is 0 Å². The number of hydrogen-bond donors (Lipinski definition) is 2. The van der Waals surface area contributed by atoms with Gasteiger partial charge in [-0.3, -0.25) is 0 Å². The summed E-state index contributed by atoms with van der Waals surface area (Å²) >= 11 is 0. The lowest BCUT2D eigenvalue weighted by Gasteiger charge is -2.28. The predicted octanol–water partition coefficient (Wildman–Crippen LogP) is 0.738. The molecule has 2 aliphatic rings. The molecule has 0 spiro atoms. The van der Waals surface area contributed by atoms with E-state index in [9.17, 15) is 0 Å². The van der Waals surface area contributed by atoms with Crippen LogP contribution in [0, 0.1) is 5.92 Å². The molecule has 2 saturated heterocycles. The molecule has 2 heterocycles. The van der Waals surface area contributed by atoms with E-state index >= 15 is 0 Å². The lowest BCUT2D eigenvalue weighted by Crippen LogP contribution is -2.40. The molecule has 0 aromatic rings. The van der Waals surface area contributed by atoms with Gasteiger partial charge in [-0.1, -0.05) is 0 Å². The molecule has 0 bridgehead atoms. The molecule has 0 unspecified atom stereocenters. The van der Waals surface area contributed by atoms with Gasteiger partial charge in [-0.2, -0.15) is 0 Å². The highest BCUT2D eigenvalue weighted by molar-refractivity contribution is 4.84. The van der Waals surface area contributed by atoms with Crippen molar-refractivity contribution in [2.75, 3.05) is 19.6 Å². The number of rotatable bonds is 1. The van der Waals surface area contributed by atoms with Crippen LogP contribution in [0.25, 0.3) is 0 Å². The second-order valence-electron chi connectivity index (χ2n) is 3.81. The van der Waals surface area contributed by atoms with Crippen LogP contribution in [0.5, 0.6) is 0 Å². The maximum Gasteiger partial charge on any atom is 0.0108 e. The summed E-state index contributed by atoms with van der Waals surface area (Å²) in [4.78, 5) is 0. The molecule has 0 amide bonds. The third kappa shape index (κ3) is 1.74. The van der Waals surface area contributed by atoms with E-state index < -0.39 is 0 Å². The van der Waals surface area contributed by atoms with Crippen LogP contribution in [0.1, 0.15) is 25.7 Å². The first kappa shape index (κ1) is 7.56. The molecule has 0 aliphatic carbocycles. The predicted molar refractivity (Wildman–Crippen MR) is 46.6 cm³/mol. The molecular formula is C9H18N2. The van der Waals surface area contributed by atoms with Gasteiger partial charge in [0.2, 0.25) is 0 Å². The molecule has 0 aromatic carbocycles. The van der Waals surface area contributed by atoms with Gasteiger partial charge in [0, 0.05) is 6.04 Å². The number of nitrogens with one attached hydrogen (secondary N) is 2. The Hall–Kier alpha value is -0.0800. The summed E-state index contributed by atoms with van der Waals surface area (Å²) in [5.74, 6) is 0.922. The van der Waals surface area contributed by atoms with Crippen molar-refractivity contribution in [1.82, 2.24) is 10.6 Å². The summed E-state index contributed by atoms with van der Waals surface area (Å²) in [6, 6.07) is 0.836. The van der Waals surface area contributed by atoms with Crippen molar-refractivity contribution in [3.05, 3.63) is 0 Å². The van der Waals surface area contributed by atoms with Gasteiger partial charge in [0.1, 0.15) is 0 Å². The van der Waals surface area contributed by atoms with Crippen molar-refractivity contribution >= 4 is 0 Å². The maximum atomic E-state index is 3.59. The lowest BCUT2D eigenvalue weighted by molar-refractivity contribution is 0.304. The van der Waals surface area contributed by atoms with Gasteiger partial charge in [0.15, 0.2) is 0 Å². The quantitative estimate of drug-likeness (QED) is 0.582. The molecule has 2 fully saturated rings. The fourth-order valence-corrected chi connectivity index (χ4v) is 2.34. The molecule has 2 N–H and O–H groups in total. The zero-order valence-corrected chi connectivity index (χ0v) is 7.10. The fraction of sp³-hybridized carbons (Fsp3) is 1.00. The Balaban J connectivity index is 1.82. The molecular weight excluding hydrogens is 136 g/mol. The largest absolute Gasteiger partial charge is 0.316 e. The Bertz CT molecular complexity index is 113. The van der Waals surface area contributed by atoms with Crippen LogP contribution >= 0.6 is 0 Å². The third-order valence-electron chi connectivity index (χ3n) is 3.00. The van der Waals surface area contributed by atoms with Crippen LogP contribution in [-0.2, 0) is 0 Å². The zero-order chi connectivity index (χ0) is 7.52. The minimum Gasteiger partial charge on any atom is -0.316 e. The van der Waals surface area contributed by atoms with Crippen molar-refractivity contribution in [2.24, 2.45) is 5.92 Å². The molecule has 0 aromatic heterocycles. The van der Waals surface area contributed by atoms with Crippen molar-refractivity contribution in [1.29, 1.82) is 0 Å². The monoisotopic (exact) mass is 154 g/mol. The Morgan fingerprint density at radius 1 is 1.00 bits per heavy atom. The Morgan fingerprint density at radius 3 is 2.55 bits per heavy atom. The van der Waals surface area contributed by atoms with Crippen LogP contribution in [0.3, 0.4) is 0 Å². The van der Waals surface area contributed by atoms with Crippen LogP contribution in [-0.4, -0.2) is 25.7 Å². The Kier molecular flexibility index (Phi) is 2.44. The number of hydrogen-bond acceptors (Lipinski definition) is 2. The van der Waals surface area contributed by atoms with Crippen LogP contribution in [0.15, 0.2) is 0 Å². The standard InChI is InChI=1S/C9H18N2/c1-3-8(7-10-5-1)9-4-2-6-11-9/h8-11H,1-7H2/t8-,9+/m1/s1. The molecule has 2 rings (SSSR count). The maximum absolute atomic E-state index is 3.59. The first-order valence-corrected chi connectivity index (χ1v) is 4.91. The van der Waals surface area contributed by atoms with Gasteiger partial charge in [0.25, 0.3) is 0 Å². The van der Waals surface area contributed by atoms with Gasteiger partial charge in [-0.25, -0.2) is 0 Å². The van der Waals surface area contributed by atoms with Gasteiger partial charge < -0.3 is 10.6 Å². The summed E-state index contributed by atoms with van der Waals surface area (Å²) in [6.45, 7) is 3.74. The molecule has 2 nitrogen and oxygen atoms in total. The smallest absolute Gasteiger partial charge is 0.0108 e. The molecule has 64 valence electrons. The van der Waals surface area contributed by atoms with Crippen molar-refractivity contribution in [2.45, 2.75) is 31.7 Å². The zero-order valence-electron chi connectivity index (χ0n) is 7.10. The molecule has 2 aliphatic heterocycles. The topological polar surface area (TPSA) is 24.1 Å². The molecule has 11 heavy (non-hydrogen) atoms. The number of piperidine rings is 1. The second-order valence-corrected chi connectivity index (χ2v) is 3.81. The van der Waals surface area contributed by atoms with Crippen molar-refractivity contribution in [3.8, 4) is 0 Å². The SMILES string of the molecule is C1CNC[C@H]([C@@H]2CCCN2)C1. The minimum atomic E-state index is 0.836. The van der Waals surface area contributed by atoms with Crippen LogP contribution in [0.2, 0.25) is 0 Å². The minimum absolute atomic E-state index is 0.836. The van der Waals surface area contributed by atoms with E-state index in [-0.39, 0.29) is 0 Å². The highest BCUT2D eigenvalue weighted by atomic mass is 15.0. The molecule has 2 atom stereocenters.